The maximum absolute atomic E-state index is 11.6. The fourth-order valence-electron chi connectivity index (χ4n) is 2.34. The summed E-state index contributed by atoms with van der Waals surface area (Å²) in [4.78, 5) is 23.2. The van der Waals surface area contributed by atoms with Gasteiger partial charge in [0.2, 0.25) is 0 Å². The molecule has 0 aliphatic carbocycles. The Kier molecular flexibility index (Phi) is 5.93. The summed E-state index contributed by atoms with van der Waals surface area (Å²) >= 11 is 5.93. The number of carbonyl (C=O) groups excluding carboxylic acids is 2. The molecule has 1 aromatic carbocycles. The Morgan fingerprint density at radius 1 is 0.920 bits per heavy atom. The van der Waals surface area contributed by atoms with E-state index in [0.717, 1.165) is 0 Å². The average Bonchev–Trinajstić information content (AvgIpc) is 2.59. The average molecular weight is 369 g/mol. The maximum atomic E-state index is 11.6. The van der Waals surface area contributed by atoms with Gasteiger partial charge in [-0.1, -0.05) is 23.7 Å². The van der Waals surface area contributed by atoms with E-state index in [1.807, 2.05) is 0 Å². The molecule has 25 heavy (non-hydrogen) atoms. The molecule has 8 heteroatoms. The smallest absolute Gasteiger partial charge is 0.460 e. The van der Waals surface area contributed by atoms with Gasteiger partial charge in [0.1, 0.15) is 17.4 Å². The molecule has 0 N–H and O–H groups in total. The predicted octanol–water partition coefficient (Wildman–Crippen LogP) is 4.48. The highest BCUT2D eigenvalue weighted by atomic mass is 35.5. The van der Waals surface area contributed by atoms with Crippen LogP contribution in [0.1, 0.15) is 25.3 Å². The molecule has 0 fully saturated rings. The number of rotatable bonds is 3. The van der Waals surface area contributed by atoms with E-state index in [4.69, 9.17) is 25.8 Å². The SMILES string of the molecule is COC(=O)OC1=C(C)OC(C)=C(OC(=O)OC)C1c1ccc(Cl)cc1. The number of ether oxygens (including phenoxy) is 5. The third-order valence-electron chi connectivity index (χ3n) is 3.45. The Labute approximate surface area is 149 Å². The molecule has 0 unspecified atom stereocenters. The first-order valence-corrected chi connectivity index (χ1v) is 7.61. The second kappa shape index (κ2) is 7.94. The Balaban J connectivity index is 2.53. The Hall–Kier alpha value is -2.67. The van der Waals surface area contributed by atoms with Crippen molar-refractivity contribution in [3.63, 3.8) is 0 Å². The summed E-state index contributed by atoms with van der Waals surface area (Å²) in [5.41, 5.74) is 0.671. The molecule has 134 valence electrons. The molecule has 0 saturated carbocycles. The van der Waals surface area contributed by atoms with Crippen LogP contribution in [0.25, 0.3) is 0 Å². The number of halogens is 1. The lowest BCUT2D eigenvalue weighted by atomic mass is 9.92. The summed E-state index contributed by atoms with van der Waals surface area (Å²) in [6, 6.07) is 6.78. The van der Waals surface area contributed by atoms with Crippen molar-refractivity contribution < 1.29 is 33.3 Å². The molecule has 2 rings (SSSR count). The zero-order valence-electron chi connectivity index (χ0n) is 14.1. The van der Waals surface area contributed by atoms with E-state index in [9.17, 15) is 9.59 Å². The Bertz CT molecular complexity index is 694. The Morgan fingerprint density at radius 2 is 1.36 bits per heavy atom. The van der Waals surface area contributed by atoms with Gasteiger partial charge >= 0.3 is 12.3 Å². The van der Waals surface area contributed by atoms with Crippen molar-refractivity contribution in [1.29, 1.82) is 0 Å². The minimum absolute atomic E-state index is 0.138. The highest BCUT2D eigenvalue weighted by Gasteiger charge is 2.36. The molecule has 0 amide bonds. The van der Waals surface area contributed by atoms with Crippen molar-refractivity contribution in [1.82, 2.24) is 0 Å². The molecule has 1 aliphatic rings. The zero-order chi connectivity index (χ0) is 18.6. The summed E-state index contributed by atoms with van der Waals surface area (Å²) in [6.07, 6.45) is -1.84. The van der Waals surface area contributed by atoms with Gasteiger partial charge in [0.25, 0.3) is 0 Å². The lowest BCUT2D eigenvalue weighted by Gasteiger charge is -2.29. The van der Waals surface area contributed by atoms with E-state index in [1.165, 1.54) is 14.2 Å². The van der Waals surface area contributed by atoms with E-state index < -0.39 is 18.2 Å². The molecule has 0 saturated heterocycles. The second-order valence-corrected chi connectivity index (χ2v) is 5.48. The van der Waals surface area contributed by atoms with Crippen LogP contribution in [0.5, 0.6) is 0 Å². The van der Waals surface area contributed by atoms with Crippen molar-refractivity contribution in [3.8, 4) is 0 Å². The molecular weight excluding hydrogens is 352 g/mol. The lowest BCUT2D eigenvalue weighted by molar-refractivity contribution is 0.0663. The van der Waals surface area contributed by atoms with Gasteiger partial charge in [-0.2, -0.15) is 0 Å². The summed E-state index contributed by atoms with van der Waals surface area (Å²) in [6.45, 7) is 3.25. The van der Waals surface area contributed by atoms with Crippen LogP contribution in [0, 0.1) is 0 Å². The monoisotopic (exact) mass is 368 g/mol. The van der Waals surface area contributed by atoms with E-state index >= 15 is 0 Å². The van der Waals surface area contributed by atoms with Gasteiger partial charge in [0, 0.05) is 5.02 Å². The molecule has 0 atom stereocenters. The van der Waals surface area contributed by atoms with Gasteiger partial charge in [0.05, 0.1) is 14.2 Å². The fraction of sp³-hybridized carbons (Fsp3) is 0.294. The molecule has 0 bridgehead atoms. The molecule has 1 heterocycles. The first-order chi connectivity index (χ1) is 11.9. The number of carbonyl (C=O) groups is 2. The lowest BCUT2D eigenvalue weighted by Crippen LogP contribution is -2.23. The minimum atomic E-state index is -0.922. The van der Waals surface area contributed by atoms with E-state index in [0.29, 0.717) is 22.1 Å². The predicted molar refractivity (Wildman–Crippen MR) is 87.7 cm³/mol. The zero-order valence-corrected chi connectivity index (χ0v) is 14.9. The van der Waals surface area contributed by atoms with Gasteiger partial charge in [-0.15, -0.1) is 0 Å². The van der Waals surface area contributed by atoms with Gasteiger partial charge in [0.15, 0.2) is 11.5 Å². The normalized spacial score (nSPS) is 14.8. The molecule has 1 aromatic rings. The second-order valence-electron chi connectivity index (χ2n) is 5.04. The van der Waals surface area contributed by atoms with Gasteiger partial charge in [-0.3, -0.25) is 0 Å². The van der Waals surface area contributed by atoms with Crippen molar-refractivity contribution in [2.45, 2.75) is 19.8 Å². The molecular formula is C17H17ClO7. The van der Waals surface area contributed by atoms with E-state index in [2.05, 4.69) is 9.47 Å². The summed E-state index contributed by atoms with van der Waals surface area (Å²) < 4.78 is 25.1. The van der Waals surface area contributed by atoms with Crippen molar-refractivity contribution in [3.05, 3.63) is 57.9 Å². The third-order valence-corrected chi connectivity index (χ3v) is 3.70. The van der Waals surface area contributed by atoms with Crippen molar-refractivity contribution in [2.75, 3.05) is 14.2 Å². The maximum Gasteiger partial charge on any atom is 0.513 e. The van der Waals surface area contributed by atoms with Crippen LogP contribution < -0.4 is 0 Å². The van der Waals surface area contributed by atoms with Crippen molar-refractivity contribution in [2.24, 2.45) is 0 Å². The number of allylic oxidation sites excluding steroid dienone is 2. The van der Waals surface area contributed by atoms with Crippen LogP contribution in [0.2, 0.25) is 5.02 Å². The standard InChI is InChI=1S/C17H17ClO7/c1-9-14(24-16(19)21-3)13(11-5-7-12(18)8-6-11)15(10(2)23-9)25-17(20)22-4/h5-8,13H,1-4H3. The third kappa shape index (κ3) is 4.24. The van der Waals surface area contributed by atoms with Crippen LogP contribution in [-0.2, 0) is 23.7 Å². The number of hydrogen-bond acceptors (Lipinski definition) is 7. The molecule has 0 aromatic heterocycles. The number of hydrogen-bond donors (Lipinski definition) is 0. The van der Waals surface area contributed by atoms with Gasteiger partial charge in [-0.25, -0.2) is 9.59 Å². The van der Waals surface area contributed by atoms with Crippen LogP contribution in [0.15, 0.2) is 47.3 Å². The van der Waals surface area contributed by atoms with Gasteiger partial charge in [-0.05, 0) is 31.5 Å². The summed E-state index contributed by atoms with van der Waals surface area (Å²) in [7, 11) is 2.37. The fourth-order valence-corrected chi connectivity index (χ4v) is 2.46. The molecule has 0 radical (unpaired) electrons. The first-order valence-electron chi connectivity index (χ1n) is 7.23. The molecule has 0 spiro atoms. The van der Waals surface area contributed by atoms with Crippen LogP contribution in [-0.4, -0.2) is 26.5 Å². The minimum Gasteiger partial charge on any atom is -0.460 e. The number of benzene rings is 1. The van der Waals surface area contributed by atoms with Crippen LogP contribution >= 0.6 is 11.6 Å². The topological polar surface area (TPSA) is 80.3 Å². The molecule has 7 nitrogen and oxygen atoms in total. The molecule has 1 aliphatic heterocycles. The van der Waals surface area contributed by atoms with E-state index in [1.54, 1.807) is 38.1 Å². The summed E-state index contributed by atoms with van der Waals surface area (Å²) in [5.74, 6) is 0.224. The highest BCUT2D eigenvalue weighted by Crippen LogP contribution is 2.41. The quantitative estimate of drug-likeness (QED) is 0.727. The summed E-state index contributed by atoms with van der Waals surface area (Å²) in [5, 5.41) is 0.531. The Morgan fingerprint density at radius 3 is 1.76 bits per heavy atom. The first kappa shape index (κ1) is 18.7. The van der Waals surface area contributed by atoms with E-state index in [-0.39, 0.29) is 11.5 Å². The number of methoxy groups -OCH3 is 2. The largest absolute Gasteiger partial charge is 0.513 e. The van der Waals surface area contributed by atoms with Crippen molar-refractivity contribution >= 4 is 23.9 Å². The van der Waals surface area contributed by atoms with Crippen LogP contribution in [0.4, 0.5) is 9.59 Å². The van der Waals surface area contributed by atoms with Crippen LogP contribution in [0.3, 0.4) is 0 Å². The van der Waals surface area contributed by atoms with Gasteiger partial charge < -0.3 is 23.7 Å². The highest BCUT2D eigenvalue weighted by molar-refractivity contribution is 6.30.